The Morgan fingerprint density at radius 1 is 1.40 bits per heavy atom. The van der Waals surface area contributed by atoms with Crippen molar-refractivity contribution in [2.24, 2.45) is 0 Å². The zero-order valence-corrected chi connectivity index (χ0v) is 13.0. The van der Waals surface area contributed by atoms with Crippen LogP contribution in [-0.2, 0) is 11.3 Å². The smallest absolute Gasteiger partial charge is 0.407 e. The van der Waals surface area contributed by atoms with Crippen molar-refractivity contribution in [1.29, 1.82) is 0 Å². The van der Waals surface area contributed by atoms with Crippen molar-refractivity contribution in [3.63, 3.8) is 0 Å². The van der Waals surface area contributed by atoms with Crippen LogP contribution < -0.4 is 10.1 Å². The van der Waals surface area contributed by atoms with Gasteiger partial charge in [0.05, 0.1) is 6.54 Å². The molecule has 1 rings (SSSR count). The van der Waals surface area contributed by atoms with Crippen LogP contribution in [0.3, 0.4) is 0 Å². The van der Waals surface area contributed by atoms with Crippen LogP contribution in [-0.4, -0.2) is 18.3 Å². The van der Waals surface area contributed by atoms with Gasteiger partial charge in [0.1, 0.15) is 11.4 Å². The molecule has 0 aliphatic carbocycles. The lowest BCUT2D eigenvalue weighted by atomic mass is 10.2. The molecular weight excluding hydrogens is 336 g/mol. The molecule has 0 fully saturated rings. The van der Waals surface area contributed by atoms with Gasteiger partial charge in [0, 0.05) is 10.0 Å². The van der Waals surface area contributed by atoms with Crippen LogP contribution in [0.15, 0.2) is 22.7 Å². The number of carbonyl (C=O) groups excluding carboxylic acids is 1. The number of alkyl halides is 2. The molecule has 0 aliphatic heterocycles. The molecular formula is C13H16BrF2NO3. The number of carbonyl (C=O) groups is 1. The summed E-state index contributed by atoms with van der Waals surface area (Å²) in [5.41, 5.74) is -0.209. The van der Waals surface area contributed by atoms with Gasteiger partial charge in [-0.3, -0.25) is 0 Å². The number of benzene rings is 1. The molecule has 0 atom stereocenters. The molecule has 0 radical (unpaired) electrons. The Morgan fingerprint density at radius 3 is 2.60 bits per heavy atom. The average molecular weight is 352 g/mol. The Balaban J connectivity index is 2.74. The minimum atomic E-state index is -2.93. The first-order valence-corrected chi connectivity index (χ1v) is 6.67. The zero-order valence-electron chi connectivity index (χ0n) is 11.4. The lowest BCUT2D eigenvalue weighted by Gasteiger charge is -2.20. The molecule has 0 aromatic heterocycles. The minimum Gasteiger partial charge on any atom is -0.444 e. The predicted octanol–water partition coefficient (Wildman–Crippen LogP) is 4.08. The van der Waals surface area contributed by atoms with Gasteiger partial charge in [-0.2, -0.15) is 8.78 Å². The van der Waals surface area contributed by atoms with Crippen LogP contribution in [0.1, 0.15) is 26.3 Å². The van der Waals surface area contributed by atoms with Crippen LogP contribution in [0, 0.1) is 0 Å². The monoisotopic (exact) mass is 351 g/mol. The van der Waals surface area contributed by atoms with Crippen molar-refractivity contribution in [3.8, 4) is 5.75 Å². The summed E-state index contributed by atoms with van der Waals surface area (Å²) in [6.45, 7) is 2.28. The van der Waals surface area contributed by atoms with Crippen LogP contribution in [0.5, 0.6) is 5.75 Å². The highest BCUT2D eigenvalue weighted by Crippen LogP contribution is 2.28. The molecule has 0 saturated heterocycles. The summed E-state index contributed by atoms with van der Waals surface area (Å²) in [6.07, 6.45) is -0.628. The summed E-state index contributed by atoms with van der Waals surface area (Å²) in [4.78, 5) is 11.5. The summed E-state index contributed by atoms with van der Waals surface area (Å²) in [6, 6.07) is 4.65. The van der Waals surface area contributed by atoms with Gasteiger partial charge in [0.2, 0.25) is 0 Å². The summed E-state index contributed by atoms with van der Waals surface area (Å²) in [5.74, 6) is 0.00503. The predicted molar refractivity (Wildman–Crippen MR) is 73.8 cm³/mol. The van der Waals surface area contributed by atoms with E-state index in [1.807, 2.05) is 0 Å². The van der Waals surface area contributed by atoms with Gasteiger partial charge in [0.15, 0.2) is 0 Å². The van der Waals surface area contributed by atoms with Crippen LogP contribution in [0.4, 0.5) is 13.6 Å². The molecule has 0 aliphatic rings. The first-order chi connectivity index (χ1) is 9.19. The Morgan fingerprint density at radius 2 is 2.05 bits per heavy atom. The van der Waals surface area contributed by atoms with E-state index in [9.17, 15) is 13.6 Å². The van der Waals surface area contributed by atoms with Crippen molar-refractivity contribution in [3.05, 3.63) is 28.2 Å². The SMILES string of the molecule is CC(C)(C)OC(=O)NCc1c(Br)cccc1OC(F)F. The van der Waals surface area contributed by atoms with E-state index in [1.54, 1.807) is 32.9 Å². The topological polar surface area (TPSA) is 47.6 Å². The van der Waals surface area contributed by atoms with Crippen LogP contribution >= 0.6 is 15.9 Å². The normalized spacial score (nSPS) is 11.3. The van der Waals surface area contributed by atoms with Crippen LogP contribution in [0.2, 0.25) is 0 Å². The molecule has 0 heterocycles. The van der Waals surface area contributed by atoms with E-state index in [4.69, 9.17) is 4.74 Å². The van der Waals surface area contributed by atoms with E-state index < -0.39 is 18.3 Å². The molecule has 1 aromatic rings. The molecule has 0 unspecified atom stereocenters. The molecule has 0 spiro atoms. The summed E-state index contributed by atoms with van der Waals surface area (Å²) < 4.78 is 34.6. The molecule has 0 saturated carbocycles. The molecule has 112 valence electrons. The van der Waals surface area contributed by atoms with Gasteiger partial charge in [-0.05, 0) is 32.9 Å². The van der Waals surface area contributed by atoms with E-state index in [1.165, 1.54) is 6.07 Å². The van der Waals surface area contributed by atoms with Crippen molar-refractivity contribution >= 4 is 22.0 Å². The van der Waals surface area contributed by atoms with E-state index in [0.29, 0.717) is 10.0 Å². The fraction of sp³-hybridized carbons (Fsp3) is 0.462. The number of hydrogen-bond donors (Lipinski definition) is 1. The fourth-order valence-corrected chi connectivity index (χ4v) is 1.88. The lowest BCUT2D eigenvalue weighted by Crippen LogP contribution is -2.32. The van der Waals surface area contributed by atoms with Gasteiger partial charge in [0.25, 0.3) is 0 Å². The second-order valence-corrected chi connectivity index (χ2v) is 5.80. The lowest BCUT2D eigenvalue weighted by molar-refractivity contribution is -0.0505. The first-order valence-electron chi connectivity index (χ1n) is 5.88. The number of amides is 1. The maximum Gasteiger partial charge on any atom is 0.407 e. The standard InChI is InChI=1S/C13H16BrF2NO3/c1-13(2,3)20-12(18)17-7-8-9(14)5-4-6-10(8)19-11(15)16/h4-6,11H,7H2,1-3H3,(H,17,18). The van der Waals surface area contributed by atoms with Gasteiger partial charge in [-0.15, -0.1) is 0 Å². The molecule has 1 N–H and O–H groups in total. The first kappa shape index (κ1) is 16.7. The Kier molecular flexibility index (Phi) is 5.74. The summed E-state index contributed by atoms with van der Waals surface area (Å²) in [5, 5.41) is 2.49. The quantitative estimate of drug-likeness (QED) is 0.889. The van der Waals surface area contributed by atoms with Crippen molar-refractivity contribution in [2.45, 2.75) is 39.5 Å². The second kappa shape index (κ2) is 6.88. The fourth-order valence-electron chi connectivity index (χ4n) is 1.39. The number of alkyl carbamates (subject to hydrolysis) is 1. The Hall–Kier alpha value is -1.37. The van der Waals surface area contributed by atoms with E-state index in [2.05, 4.69) is 26.0 Å². The summed E-state index contributed by atoms with van der Waals surface area (Å²) >= 11 is 3.23. The van der Waals surface area contributed by atoms with Gasteiger partial charge < -0.3 is 14.8 Å². The van der Waals surface area contributed by atoms with Crippen molar-refractivity contribution < 1.29 is 23.0 Å². The van der Waals surface area contributed by atoms with Gasteiger partial charge in [-0.1, -0.05) is 22.0 Å². The third kappa shape index (κ3) is 5.73. The van der Waals surface area contributed by atoms with E-state index in [0.717, 1.165) is 0 Å². The maximum absolute atomic E-state index is 12.3. The third-order valence-corrected chi connectivity index (χ3v) is 2.84. The number of rotatable bonds is 4. The van der Waals surface area contributed by atoms with E-state index in [-0.39, 0.29) is 12.3 Å². The number of halogens is 3. The summed E-state index contributed by atoms with van der Waals surface area (Å²) in [7, 11) is 0. The minimum absolute atomic E-state index is 0.00503. The number of hydrogen-bond acceptors (Lipinski definition) is 3. The van der Waals surface area contributed by atoms with Gasteiger partial charge in [-0.25, -0.2) is 4.79 Å². The number of ether oxygens (including phenoxy) is 2. The molecule has 0 bridgehead atoms. The van der Waals surface area contributed by atoms with Crippen molar-refractivity contribution in [2.75, 3.05) is 0 Å². The highest BCUT2D eigenvalue weighted by molar-refractivity contribution is 9.10. The van der Waals surface area contributed by atoms with Crippen LogP contribution in [0.25, 0.3) is 0 Å². The second-order valence-electron chi connectivity index (χ2n) is 4.95. The van der Waals surface area contributed by atoms with E-state index >= 15 is 0 Å². The number of nitrogens with one attached hydrogen (secondary N) is 1. The largest absolute Gasteiger partial charge is 0.444 e. The van der Waals surface area contributed by atoms with Gasteiger partial charge >= 0.3 is 12.7 Å². The molecule has 1 amide bonds. The molecule has 1 aromatic carbocycles. The van der Waals surface area contributed by atoms with Crippen molar-refractivity contribution in [1.82, 2.24) is 5.32 Å². The maximum atomic E-state index is 12.3. The molecule has 7 heteroatoms. The Labute approximate surface area is 124 Å². The highest BCUT2D eigenvalue weighted by atomic mass is 79.9. The molecule has 4 nitrogen and oxygen atoms in total. The third-order valence-electron chi connectivity index (χ3n) is 2.10. The zero-order chi connectivity index (χ0) is 15.3. The Bertz CT molecular complexity index is 475. The average Bonchev–Trinajstić information content (AvgIpc) is 2.24. The highest BCUT2D eigenvalue weighted by Gasteiger charge is 2.17. The molecule has 20 heavy (non-hydrogen) atoms.